The van der Waals surface area contributed by atoms with Gasteiger partial charge in [-0.25, -0.2) is 0 Å². The van der Waals surface area contributed by atoms with Gasteiger partial charge in [0.05, 0.1) is 5.76 Å². The molecule has 2 rings (SSSR count). The van der Waals surface area contributed by atoms with Crippen LogP contribution in [-0.2, 0) is 4.79 Å². The van der Waals surface area contributed by atoms with Crippen LogP contribution in [0.1, 0.15) is 32.1 Å². The van der Waals surface area contributed by atoms with Crippen molar-refractivity contribution in [2.24, 2.45) is 5.92 Å². The molecule has 16 heavy (non-hydrogen) atoms. The highest BCUT2D eigenvalue weighted by molar-refractivity contribution is 5.77. The third-order valence-electron chi connectivity index (χ3n) is 3.69. The molecule has 90 valence electrons. The number of aliphatic hydroxyl groups excluding tert-OH is 2. The van der Waals surface area contributed by atoms with E-state index in [-0.39, 0.29) is 11.8 Å². The lowest BCUT2D eigenvalue weighted by molar-refractivity contribution is -0.135. The largest absolute Gasteiger partial charge is 0.512 e. The van der Waals surface area contributed by atoms with E-state index in [2.05, 4.69) is 0 Å². The lowest BCUT2D eigenvalue weighted by Gasteiger charge is -2.33. The maximum atomic E-state index is 11.2. The lowest BCUT2D eigenvalue weighted by atomic mass is 9.84. The lowest BCUT2D eigenvalue weighted by Crippen LogP contribution is -2.40. The fourth-order valence-corrected chi connectivity index (χ4v) is 2.40. The second kappa shape index (κ2) is 4.87. The number of hydrogen-bond donors (Lipinski definition) is 2. The van der Waals surface area contributed by atoms with Crippen molar-refractivity contribution in [3.8, 4) is 0 Å². The molecular formula is C12H19NO3. The third-order valence-corrected chi connectivity index (χ3v) is 3.69. The quantitative estimate of drug-likeness (QED) is 0.694. The van der Waals surface area contributed by atoms with Crippen LogP contribution in [0.5, 0.6) is 0 Å². The second-order valence-electron chi connectivity index (χ2n) is 4.66. The molecule has 4 nitrogen and oxygen atoms in total. The number of amides is 1. The smallest absolute Gasteiger partial charge is 0.248 e. The maximum Gasteiger partial charge on any atom is 0.248 e. The maximum absolute atomic E-state index is 11.2. The third kappa shape index (κ3) is 2.21. The SMILES string of the molecule is O=C(CO)N1CCC(C(O)=C2CCC2)CC1. The first-order chi connectivity index (χ1) is 7.72. The summed E-state index contributed by atoms with van der Waals surface area (Å²) in [4.78, 5) is 12.9. The second-order valence-corrected chi connectivity index (χ2v) is 4.66. The van der Waals surface area contributed by atoms with Gasteiger partial charge in [-0.2, -0.15) is 0 Å². The Bertz CT molecular complexity index is 297. The number of carbonyl (C=O) groups is 1. The van der Waals surface area contributed by atoms with Gasteiger partial charge >= 0.3 is 0 Å². The highest BCUT2D eigenvalue weighted by Crippen LogP contribution is 2.34. The molecule has 1 amide bonds. The number of nitrogens with zero attached hydrogens (tertiary/aromatic N) is 1. The minimum Gasteiger partial charge on any atom is -0.512 e. The van der Waals surface area contributed by atoms with E-state index in [4.69, 9.17) is 5.11 Å². The molecule has 0 atom stereocenters. The monoisotopic (exact) mass is 225 g/mol. The average Bonchev–Trinajstić information content (AvgIpc) is 2.26. The van der Waals surface area contributed by atoms with Crippen molar-refractivity contribution in [2.75, 3.05) is 19.7 Å². The Morgan fingerprint density at radius 3 is 2.38 bits per heavy atom. The van der Waals surface area contributed by atoms with Crippen LogP contribution < -0.4 is 0 Å². The number of hydrogen-bond acceptors (Lipinski definition) is 3. The Labute approximate surface area is 95.6 Å². The Balaban J connectivity index is 1.87. The molecule has 0 aromatic rings. The van der Waals surface area contributed by atoms with Crippen LogP contribution in [0.4, 0.5) is 0 Å². The van der Waals surface area contributed by atoms with E-state index < -0.39 is 6.61 Å². The van der Waals surface area contributed by atoms with E-state index in [0.717, 1.165) is 25.7 Å². The summed E-state index contributed by atoms with van der Waals surface area (Å²) in [7, 11) is 0. The highest BCUT2D eigenvalue weighted by Gasteiger charge is 2.27. The molecule has 0 aromatic heterocycles. The van der Waals surface area contributed by atoms with Gasteiger partial charge < -0.3 is 15.1 Å². The zero-order valence-corrected chi connectivity index (χ0v) is 9.48. The zero-order chi connectivity index (χ0) is 11.5. The van der Waals surface area contributed by atoms with E-state index in [0.29, 0.717) is 18.8 Å². The van der Waals surface area contributed by atoms with Crippen LogP contribution in [0, 0.1) is 5.92 Å². The number of rotatable bonds is 2. The van der Waals surface area contributed by atoms with Crippen LogP contribution >= 0.6 is 0 Å². The van der Waals surface area contributed by atoms with Gasteiger partial charge in [-0.3, -0.25) is 4.79 Å². The molecule has 1 aliphatic carbocycles. The summed E-state index contributed by atoms with van der Waals surface area (Å²) in [6.07, 6.45) is 4.92. The number of likely N-dealkylation sites (tertiary alicyclic amines) is 1. The number of aliphatic hydroxyl groups is 2. The van der Waals surface area contributed by atoms with Crippen LogP contribution in [0.3, 0.4) is 0 Å². The summed E-state index contributed by atoms with van der Waals surface area (Å²) < 4.78 is 0. The summed E-state index contributed by atoms with van der Waals surface area (Å²) in [5.41, 5.74) is 1.21. The minimum absolute atomic E-state index is 0.200. The fourth-order valence-electron chi connectivity index (χ4n) is 2.40. The number of piperidine rings is 1. The van der Waals surface area contributed by atoms with Gasteiger partial charge in [-0.1, -0.05) is 0 Å². The van der Waals surface area contributed by atoms with Crippen molar-refractivity contribution in [2.45, 2.75) is 32.1 Å². The summed E-state index contributed by atoms with van der Waals surface area (Å²) in [6.45, 7) is 0.903. The van der Waals surface area contributed by atoms with Gasteiger partial charge in [-0.05, 0) is 37.7 Å². The van der Waals surface area contributed by atoms with E-state index >= 15 is 0 Å². The molecule has 0 spiro atoms. The normalized spacial score (nSPS) is 21.8. The molecule has 4 heteroatoms. The first-order valence-corrected chi connectivity index (χ1v) is 6.02. The molecule has 1 saturated heterocycles. The van der Waals surface area contributed by atoms with E-state index in [1.807, 2.05) is 0 Å². The first-order valence-electron chi connectivity index (χ1n) is 6.02. The topological polar surface area (TPSA) is 60.8 Å². The highest BCUT2D eigenvalue weighted by atomic mass is 16.3. The molecule has 1 heterocycles. The predicted molar refractivity (Wildman–Crippen MR) is 59.9 cm³/mol. The summed E-state index contributed by atoms with van der Waals surface area (Å²) in [5.74, 6) is 0.620. The Morgan fingerprint density at radius 1 is 1.31 bits per heavy atom. The minimum atomic E-state index is -0.405. The van der Waals surface area contributed by atoms with Gasteiger partial charge in [0.25, 0.3) is 0 Å². The van der Waals surface area contributed by atoms with Crippen molar-refractivity contribution < 1.29 is 15.0 Å². The van der Waals surface area contributed by atoms with E-state index in [1.165, 1.54) is 12.0 Å². The van der Waals surface area contributed by atoms with Crippen LogP contribution in [0.25, 0.3) is 0 Å². The average molecular weight is 225 g/mol. The van der Waals surface area contributed by atoms with Crippen molar-refractivity contribution in [3.63, 3.8) is 0 Å². The molecular weight excluding hydrogens is 206 g/mol. The number of allylic oxidation sites excluding steroid dienone is 2. The molecule has 1 aliphatic heterocycles. The summed E-state index contributed by atoms with van der Waals surface area (Å²) >= 11 is 0. The van der Waals surface area contributed by atoms with Gasteiger partial charge in [0.2, 0.25) is 5.91 Å². The van der Waals surface area contributed by atoms with Crippen LogP contribution in [-0.4, -0.2) is 40.7 Å². The fraction of sp³-hybridized carbons (Fsp3) is 0.750. The molecule has 0 radical (unpaired) electrons. The molecule has 0 bridgehead atoms. The summed E-state index contributed by atoms with van der Waals surface area (Å²) in [5, 5.41) is 18.8. The zero-order valence-electron chi connectivity index (χ0n) is 9.48. The van der Waals surface area contributed by atoms with Gasteiger partial charge in [0.15, 0.2) is 0 Å². The van der Waals surface area contributed by atoms with Crippen LogP contribution in [0.15, 0.2) is 11.3 Å². The molecule has 2 aliphatic rings. The summed E-state index contributed by atoms with van der Waals surface area (Å²) in [6, 6.07) is 0. The Hall–Kier alpha value is -1.03. The molecule has 0 aromatic carbocycles. The Kier molecular flexibility index (Phi) is 3.49. The molecule has 2 fully saturated rings. The van der Waals surface area contributed by atoms with Crippen molar-refractivity contribution in [3.05, 3.63) is 11.3 Å². The standard InChI is InChI=1S/C12H19NO3/c14-8-11(15)13-6-4-10(5-7-13)12(16)9-2-1-3-9/h10,14,16H,1-8H2. The van der Waals surface area contributed by atoms with E-state index in [1.54, 1.807) is 4.90 Å². The van der Waals surface area contributed by atoms with E-state index in [9.17, 15) is 9.90 Å². The molecule has 0 unspecified atom stereocenters. The van der Waals surface area contributed by atoms with Crippen molar-refractivity contribution in [1.29, 1.82) is 0 Å². The van der Waals surface area contributed by atoms with Crippen LogP contribution in [0.2, 0.25) is 0 Å². The molecule has 1 saturated carbocycles. The van der Waals surface area contributed by atoms with Gasteiger partial charge in [-0.15, -0.1) is 0 Å². The van der Waals surface area contributed by atoms with Crippen molar-refractivity contribution >= 4 is 5.91 Å². The predicted octanol–water partition coefficient (Wildman–Crippen LogP) is 1.21. The first kappa shape index (κ1) is 11.5. The van der Waals surface area contributed by atoms with Gasteiger partial charge in [0, 0.05) is 19.0 Å². The molecule has 2 N–H and O–H groups in total. The Morgan fingerprint density at radius 2 is 1.94 bits per heavy atom. The van der Waals surface area contributed by atoms with Crippen molar-refractivity contribution in [1.82, 2.24) is 4.90 Å². The van der Waals surface area contributed by atoms with Gasteiger partial charge in [0.1, 0.15) is 6.61 Å². The number of carbonyl (C=O) groups excluding carboxylic acids is 1.